The third-order valence-electron chi connectivity index (χ3n) is 2.71. The summed E-state index contributed by atoms with van der Waals surface area (Å²) >= 11 is 0. The highest BCUT2D eigenvalue weighted by Gasteiger charge is 2.35. The Bertz CT molecular complexity index is 398. The zero-order valence-corrected chi connectivity index (χ0v) is 10.3. The minimum Gasteiger partial charge on any atom is -0.388 e. The van der Waals surface area contributed by atoms with E-state index in [1.54, 1.807) is 0 Å². The molecule has 1 atom stereocenters. The molecule has 0 amide bonds. The third kappa shape index (κ3) is 3.70. The monoisotopic (exact) mass is 264 g/mol. The van der Waals surface area contributed by atoms with Gasteiger partial charge in [-0.15, -0.1) is 0 Å². The first-order chi connectivity index (χ1) is 8.23. The molecule has 0 spiro atoms. The largest absolute Gasteiger partial charge is 0.419 e. The van der Waals surface area contributed by atoms with E-state index < -0.39 is 23.7 Å². The predicted octanol–water partition coefficient (Wildman–Crippen LogP) is 4.31. The van der Waals surface area contributed by atoms with Crippen molar-refractivity contribution in [2.24, 2.45) is 5.92 Å². The Morgan fingerprint density at radius 1 is 1.17 bits per heavy atom. The zero-order chi connectivity index (χ0) is 13.9. The van der Waals surface area contributed by atoms with Crippen LogP contribution < -0.4 is 0 Å². The van der Waals surface area contributed by atoms with Gasteiger partial charge in [0, 0.05) is 5.56 Å². The molecular formula is C13H16F4O. The van der Waals surface area contributed by atoms with Crippen LogP contribution in [0.4, 0.5) is 17.6 Å². The first-order valence-electron chi connectivity index (χ1n) is 5.77. The van der Waals surface area contributed by atoms with Gasteiger partial charge in [-0.25, -0.2) is 4.39 Å². The Morgan fingerprint density at radius 3 is 2.28 bits per heavy atom. The lowest BCUT2D eigenvalue weighted by atomic mass is 9.98. The summed E-state index contributed by atoms with van der Waals surface area (Å²) in [5, 5.41) is 9.73. The Labute approximate surface area is 103 Å². The minimum absolute atomic E-state index is 0.246. The van der Waals surface area contributed by atoms with Crippen LogP contribution in [0.2, 0.25) is 0 Å². The van der Waals surface area contributed by atoms with E-state index in [2.05, 4.69) is 0 Å². The second kappa shape index (κ2) is 5.69. The summed E-state index contributed by atoms with van der Waals surface area (Å²) in [5.74, 6) is -1.07. The molecule has 0 aliphatic rings. The van der Waals surface area contributed by atoms with Crippen LogP contribution in [-0.4, -0.2) is 5.11 Å². The highest BCUT2D eigenvalue weighted by Crippen LogP contribution is 2.34. The fourth-order valence-corrected chi connectivity index (χ4v) is 1.67. The quantitative estimate of drug-likeness (QED) is 0.803. The second-order valence-electron chi connectivity index (χ2n) is 4.69. The van der Waals surface area contributed by atoms with E-state index in [1.165, 1.54) is 6.07 Å². The number of rotatable bonds is 4. The lowest BCUT2D eigenvalue weighted by molar-refractivity contribution is -0.140. The van der Waals surface area contributed by atoms with Crippen molar-refractivity contribution in [3.8, 4) is 0 Å². The summed E-state index contributed by atoms with van der Waals surface area (Å²) in [4.78, 5) is 0. The van der Waals surface area contributed by atoms with E-state index in [-0.39, 0.29) is 12.0 Å². The van der Waals surface area contributed by atoms with E-state index in [0.717, 1.165) is 6.07 Å². The highest BCUT2D eigenvalue weighted by atomic mass is 19.4. The van der Waals surface area contributed by atoms with Gasteiger partial charge in [-0.1, -0.05) is 26.0 Å². The molecule has 0 saturated carbocycles. The van der Waals surface area contributed by atoms with Gasteiger partial charge in [0.25, 0.3) is 0 Å². The van der Waals surface area contributed by atoms with Crippen LogP contribution in [0.25, 0.3) is 0 Å². The topological polar surface area (TPSA) is 20.2 Å². The van der Waals surface area contributed by atoms with Gasteiger partial charge in [0.1, 0.15) is 5.82 Å². The average Bonchev–Trinajstić information content (AvgIpc) is 2.24. The standard InChI is InChI=1S/C13H16F4O/c1-8(2)6-7-11(18)9-4-3-5-10(12(9)14)13(15,16)17/h3-5,8,11,18H,6-7H2,1-2H3. The summed E-state index contributed by atoms with van der Waals surface area (Å²) in [5.41, 5.74) is -1.62. The minimum atomic E-state index is -4.74. The molecule has 1 nitrogen and oxygen atoms in total. The molecule has 0 heterocycles. The molecule has 1 N–H and O–H groups in total. The van der Waals surface area contributed by atoms with Crippen molar-refractivity contribution in [2.45, 2.75) is 39.0 Å². The van der Waals surface area contributed by atoms with Crippen LogP contribution in [0.3, 0.4) is 0 Å². The van der Waals surface area contributed by atoms with Crippen molar-refractivity contribution in [3.63, 3.8) is 0 Å². The molecule has 18 heavy (non-hydrogen) atoms. The van der Waals surface area contributed by atoms with Gasteiger partial charge in [0.05, 0.1) is 11.7 Å². The predicted molar refractivity (Wildman–Crippen MR) is 60.4 cm³/mol. The Morgan fingerprint density at radius 2 is 1.78 bits per heavy atom. The normalized spacial score (nSPS) is 14.0. The smallest absolute Gasteiger partial charge is 0.388 e. The summed E-state index contributed by atoms with van der Waals surface area (Å²) in [6.45, 7) is 3.85. The van der Waals surface area contributed by atoms with Gasteiger partial charge in [-0.2, -0.15) is 13.2 Å². The molecule has 0 saturated heterocycles. The van der Waals surface area contributed by atoms with Gasteiger partial charge in [-0.3, -0.25) is 0 Å². The fourth-order valence-electron chi connectivity index (χ4n) is 1.67. The summed E-state index contributed by atoms with van der Waals surface area (Å²) in [6, 6.07) is 2.98. The summed E-state index contributed by atoms with van der Waals surface area (Å²) in [6.07, 6.45) is -5.07. The lowest BCUT2D eigenvalue weighted by Crippen LogP contribution is -2.12. The van der Waals surface area contributed by atoms with Crippen LogP contribution in [0.1, 0.15) is 43.9 Å². The van der Waals surface area contributed by atoms with Crippen molar-refractivity contribution in [1.82, 2.24) is 0 Å². The molecule has 1 unspecified atom stereocenters. The van der Waals surface area contributed by atoms with Crippen molar-refractivity contribution in [3.05, 3.63) is 35.1 Å². The van der Waals surface area contributed by atoms with Crippen molar-refractivity contribution >= 4 is 0 Å². The Hall–Kier alpha value is -1.10. The van der Waals surface area contributed by atoms with E-state index in [9.17, 15) is 22.7 Å². The maximum Gasteiger partial charge on any atom is 0.419 e. The molecule has 5 heteroatoms. The molecule has 0 fully saturated rings. The number of alkyl halides is 3. The van der Waals surface area contributed by atoms with Crippen LogP contribution >= 0.6 is 0 Å². The van der Waals surface area contributed by atoms with Gasteiger partial charge in [0.15, 0.2) is 0 Å². The number of halogens is 4. The second-order valence-corrected chi connectivity index (χ2v) is 4.69. The number of aliphatic hydroxyl groups excluding tert-OH is 1. The molecule has 1 aromatic carbocycles. The van der Waals surface area contributed by atoms with Crippen molar-refractivity contribution in [1.29, 1.82) is 0 Å². The molecule has 1 aromatic rings. The molecule has 0 aliphatic heterocycles. The molecule has 0 aliphatic carbocycles. The van der Waals surface area contributed by atoms with E-state index >= 15 is 0 Å². The van der Waals surface area contributed by atoms with Gasteiger partial charge < -0.3 is 5.11 Å². The first kappa shape index (κ1) is 15.0. The van der Waals surface area contributed by atoms with E-state index in [0.29, 0.717) is 18.4 Å². The first-order valence-corrected chi connectivity index (χ1v) is 5.77. The molecular weight excluding hydrogens is 248 g/mol. The van der Waals surface area contributed by atoms with Crippen molar-refractivity contribution in [2.75, 3.05) is 0 Å². The van der Waals surface area contributed by atoms with Gasteiger partial charge in [0.2, 0.25) is 0 Å². The Balaban J connectivity index is 2.96. The molecule has 1 rings (SSSR count). The van der Waals surface area contributed by atoms with Crippen LogP contribution in [-0.2, 0) is 6.18 Å². The summed E-state index contributed by atoms with van der Waals surface area (Å²) < 4.78 is 51.1. The molecule has 0 bridgehead atoms. The summed E-state index contributed by atoms with van der Waals surface area (Å²) in [7, 11) is 0. The lowest BCUT2D eigenvalue weighted by Gasteiger charge is -2.16. The maximum absolute atomic E-state index is 13.7. The highest BCUT2D eigenvalue weighted by molar-refractivity contribution is 5.29. The number of hydrogen-bond acceptors (Lipinski definition) is 1. The third-order valence-corrected chi connectivity index (χ3v) is 2.71. The van der Waals surface area contributed by atoms with Crippen molar-refractivity contribution < 1.29 is 22.7 Å². The van der Waals surface area contributed by atoms with Gasteiger partial charge >= 0.3 is 6.18 Å². The van der Waals surface area contributed by atoms with E-state index in [4.69, 9.17) is 0 Å². The van der Waals surface area contributed by atoms with Crippen LogP contribution in [0, 0.1) is 11.7 Å². The Kier molecular flexibility index (Phi) is 4.73. The van der Waals surface area contributed by atoms with E-state index in [1.807, 2.05) is 13.8 Å². The van der Waals surface area contributed by atoms with Crippen LogP contribution in [0.5, 0.6) is 0 Å². The zero-order valence-electron chi connectivity index (χ0n) is 10.3. The fraction of sp³-hybridized carbons (Fsp3) is 0.538. The number of benzene rings is 1. The number of hydrogen-bond donors (Lipinski definition) is 1. The molecule has 0 radical (unpaired) electrons. The van der Waals surface area contributed by atoms with Gasteiger partial charge in [-0.05, 0) is 24.8 Å². The number of aliphatic hydroxyl groups is 1. The van der Waals surface area contributed by atoms with Crippen LogP contribution in [0.15, 0.2) is 18.2 Å². The SMILES string of the molecule is CC(C)CCC(O)c1cccc(C(F)(F)F)c1F. The molecule has 0 aromatic heterocycles. The average molecular weight is 264 g/mol. The molecule has 102 valence electrons. The maximum atomic E-state index is 13.7.